The summed E-state index contributed by atoms with van der Waals surface area (Å²) in [4.78, 5) is 3.98. The molecule has 2 nitrogen and oxygen atoms in total. The van der Waals surface area contributed by atoms with Crippen LogP contribution < -0.4 is 0 Å². The van der Waals surface area contributed by atoms with Gasteiger partial charge in [-0.1, -0.05) is 0 Å². The molecule has 0 unspecified atom stereocenters. The van der Waals surface area contributed by atoms with Crippen molar-refractivity contribution in [3.8, 4) is 0 Å². The number of hydrogen-bond acceptors (Lipinski definition) is 2. The lowest BCUT2D eigenvalue weighted by Gasteiger charge is -2.06. The Morgan fingerprint density at radius 1 is 1.67 bits per heavy atom. The summed E-state index contributed by atoms with van der Waals surface area (Å²) in [5, 5.41) is 0. The summed E-state index contributed by atoms with van der Waals surface area (Å²) in [6.07, 6.45) is 4.00. The average Bonchev–Trinajstić information content (AvgIpc) is 2.15. The predicted molar refractivity (Wildman–Crippen MR) is 37.7 cm³/mol. The summed E-state index contributed by atoms with van der Waals surface area (Å²) in [5.74, 6) is 0.907. The molecule has 9 heavy (non-hydrogen) atoms. The highest BCUT2D eigenvalue weighted by Crippen LogP contribution is 2.03. The highest BCUT2D eigenvalue weighted by atomic mass is 16.5. The van der Waals surface area contributed by atoms with Gasteiger partial charge in [0.25, 0.3) is 0 Å². The van der Waals surface area contributed by atoms with Gasteiger partial charge in [-0.25, -0.2) is 0 Å². The highest BCUT2D eigenvalue weighted by molar-refractivity contribution is 5.78. The first-order valence-electron chi connectivity index (χ1n) is 3.15. The van der Waals surface area contributed by atoms with Crippen LogP contribution in [0, 0.1) is 0 Å². The molecule has 0 saturated carbocycles. The van der Waals surface area contributed by atoms with Gasteiger partial charge in [-0.2, -0.15) is 0 Å². The van der Waals surface area contributed by atoms with Crippen molar-refractivity contribution in [2.45, 2.75) is 20.0 Å². The van der Waals surface area contributed by atoms with Gasteiger partial charge in [0, 0.05) is 0 Å². The topological polar surface area (TPSA) is 21.6 Å². The molecule has 0 amide bonds. The molecule has 0 saturated heterocycles. The Morgan fingerprint density at radius 3 is 2.89 bits per heavy atom. The maximum Gasteiger partial charge on any atom is 0.135 e. The summed E-state index contributed by atoms with van der Waals surface area (Å²) in [6, 6.07) is 0. The first-order valence-corrected chi connectivity index (χ1v) is 3.15. The van der Waals surface area contributed by atoms with E-state index in [0.29, 0.717) is 0 Å². The number of allylic oxidation sites excluding steroid dienone is 1. The van der Waals surface area contributed by atoms with Gasteiger partial charge in [0.15, 0.2) is 0 Å². The van der Waals surface area contributed by atoms with E-state index >= 15 is 0 Å². The summed E-state index contributed by atoms with van der Waals surface area (Å²) >= 11 is 0. The molecular weight excluding hydrogens is 114 g/mol. The molecule has 0 fully saturated rings. The van der Waals surface area contributed by atoms with Crippen LogP contribution in [0.4, 0.5) is 0 Å². The molecule has 0 radical (unpaired) electrons. The third-order valence-corrected chi connectivity index (χ3v) is 0.988. The van der Waals surface area contributed by atoms with Crippen LogP contribution in [-0.2, 0) is 4.74 Å². The van der Waals surface area contributed by atoms with Crippen molar-refractivity contribution in [1.82, 2.24) is 0 Å². The second-order valence-corrected chi connectivity index (χ2v) is 2.27. The molecule has 0 N–H and O–H groups in total. The third kappa shape index (κ3) is 1.88. The van der Waals surface area contributed by atoms with Gasteiger partial charge in [0.1, 0.15) is 5.76 Å². The number of ether oxygens (including phenoxy) is 1. The summed E-state index contributed by atoms with van der Waals surface area (Å²) < 4.78 is 5.32. The zero-order chi connectivity index (χ0) is 6.69. The van der Waals surface area contributed by atoms with Crippen molar-refractivity contribution in [3.05, 3.63) is 11.8 Å². The largest absolute Gasteiger partial charge is 0.490 e. The van der Waals surface area contributed by atoms with E-state index in [4.69, 9.17) is 4.74 Å². The van der Waals surface area contributed by atoms with Crippen LogP contribution in [0.1, 0.15) is 13.8 Å². The first kappa shape index (κ1) is 6.33. The summed E-state index contributed by atoms with van der Waals surface area (Å²) in [7, 11) is 0. The number of aliphatic imine (C=N–C) groups is 1. The minimum absolute atomic E-state index is 0.265. The maximum absolute atomic E-state index is 5.32. The Hall–Kier alpha value is -0.790. The predicted octanol–water partition coefficient (Wildman–Crippen LogP) is 1.38. The van der Waals surface area contributed by atoms with Crippen LogP contribution in [0.25, 0.3) is 0 Å². The fourth-order valence-electron chi connectivity index (χ4n) is 0.689. The zero-order valence-corrected chi connectivity index (χ0v) is 5.79. The van der Waals surface area contributed by atoms with Crippen LogP contribution in [0.3, 0.4) is 0 Å². The van der Waals surface area contributed by atoms with E-state index in [9.17, 15) is 0 Å². The maximum atomic E-state index is 5.32. The fourth-order valence-corrected chi connectivity index (χ4v) is 0.689. The molecule has 1 aliphatic rings. The lowest BCUT2D eigenvalue weighted by molar-refractivity contribution is 0.165. The quantitative estimate of drug-likeness (QED) is 0.546. The molecule has 1 heterocycles. The Bertz CT molecular complexity index is 147. The molecular formula is C7H11NO. The van der Waals surface area contributed by atoms with Gasteiger partial charge >= 0.3 is 0 Å². The normalized spacial score (nSPS) is 16.6. The molecule has 2 heteroatoms. The molecule has 0 bridgehead atoms. The Morgan fingerprint density at radius 2 is 2.44 bits per heavy atom. The Balaban J connectivity index is 2.35. The molecule has 0 atom stereocenters. The molecule has 0 spiro atoms. The van der Waals surface area contributed by atoms with E-state index < -0.39 is 0 Å². The Labute approximate surface area is 55.2 Å². The van der Waals surface area contributed by atoms with Gasteiger partial charge in [0.2, 0.25) is 0 Å². The van der Waals surface area contributed by atoms with Crippen molar-refractivity contribution in [1.29, 1.82) is 0 Å². The van der Waals surface area contributed by atoms with Crippen molar-refractivity contribution in [3.63, 3.8) is 0 Å². The molecule has 0 aromatic carbocycles. The highest BCUT2D eigenvalue weighted by Gasteiger charge is 2.00. The van der Waals surface area contributed by atoms with Crippen LogP contribution in [0.15, 0.2) is 16.8 Å². The molecule has 1 aliphatic heterocycles. The summed E-state index contributed by atoms with van der Waals surface area (Å²) in [6.45, 7) is 4.79. The van der Waals surface area contributed by atoms with E-state index in [1.165, 1.54) is 0 Å². The van der Waals surface area contributed by atoms with Gasteiger partial charge in [-0.15, -0.1) is 0 Å². The zero-order valence-electron chi connectivity index (χ0n) is 5.79. The number of hydrogen-bond donors (Lipinski definition) is 0. The minimum Gasteiger partial charge on any atom is -0.490 e. The van der Waals surface area contributed by atoms with E-state index in [-0.39, 0.29) is 6.10 Å². The van der Waals surface area contributed by atoms with Crippen molar-refractivity contribution < 1.29 is 4.74 Å². The lowest BCUT2D eigenvalue weighted by atomic mass is 10.4. The second-order valence-electron chi connectivity index (χ2n) is 2.27. The van der Waals surface area contributed by atoms with E-state index in [1.807, 2.05) is 19.9 Å². The minimum atomic E-state index is 0.265. The van der Waals surface area contributed by atoms with Crippen molar-refractivity contribution in [2.24, 2.45) is 4.99 Å². The molecule has 0 aromatic rings. The SMILES string of the molecule is CC(C)OC1=CCN=C1. The molecule has 50 valence electrons. The van der Waals surface area contributed by atoms with E-state index in [0.717, 1.165) is 12.3 Å². The smallest absolute Gasteiger partial charge is 0.135 e. The molecule has 0 aromatic heterocycles. The molecule has 1 rings (SSSR count). The lowest BCUT2D eigenvalue weighted by Crippen LogP contribution is -2.01. The molecule has 0 aliphatic carbocycles. The van der Waals surface area contributed by atoms with Crippen molar-refractivity contribution >= 4 is 6.21 Å². The van der Waals surface area contributed by atoms with Crippen LogP contribution >= 0.6 is 0 Å². The number of nitrogens with zero attached hydrogens (tertiary/aromatic N) is 1. The third-order valence-electron chi connectivity index (χ3n) is 0.988. The average molecular weight is 125 g/mol. The van der Waals surface area contributed by atoms with Gasteiger partial charge in [-0.05, 0) is 19.9 Å². The Kier molecular flexibility index (Phi) is 1.88. The van der Waals surface area contributed by atoms with Gasteiger partial charge in [-0.3, -0.25) is 4.99 Å². The van der Waals surface area contributed by atoms with Crippen LogP contribution in [0.5, 0.6) is 0 Å². The van der Waals surface area contributed by atoms with Gasteiger partial charge in [0.05, 0.1) is 18.9 Å². The van der Waals surface area contributed by atoms with Gasteiger partial charge < -0.3 is 4.74 Å². The second kappa shape index (κ2) is 2.67. The van der Waals surface area contributed by atoms with Crippen LogP contribution in [-0.4, -0.2) is 18.9 Å². The van der Waals surface area contributed by atoms with Crippen molar-refractivity contribution in [2.75, 3.05) is 6.54 Å². The number of rotatable bonds is 2. The fraction of sp³-hybridized carbons (Fsp3) is 0.571. The summed E-state index contributed by atoms with van der Waals surface area (Å²) in [5.41, 5.74) is 0. The standard InChI is InChI=1S/C7H11NO/c1-6(2)9-7-3-4-8-5-7/h3,5-6H,4H2,1-2H3. The van der Waals surface area contributed by atoms with Crippen LogP contribution in [0.2, 0.25) is 0 Å². The van der Waals surface area contributed by atoms with E-state index in [2.05, 4.69) is 4.99 Å². The first-order chi connectivity index (χ1) is 4.29. The van der Waals surface area contributed by atoms with E-state index in [1.54, 1.807) is 6.21 Å². The monoisotopic (exact) mass is 125 g/mol.